The van der Waals surface area contributed by atoms with E-state index in [9.17, 15) is 4.79 Å². The fourth-order valence-electron chi connectivity index (χ4n) is 3.10. The van der Waals surface area contributed by atoms with Gasteiger partial charge in [0.15, 0.2) is 0 Å². The lowest BCUT2D eigenvalue weighted by atomic mass is 10.1. The third-order valence-electron chi connectivity index (χ3n) is 4.56. The minimum absolute atomic E-state index is 0.0628. The van der Waals surface area contributed by atoms with Gasteiger partial charge in [0.05, 0.1) is 11.4 Å². The van der Waals surface area contributed by atoms with Gasteiger partial charge < -0.3 is 10.3 Å². The highest BCUT2D eigenvalue weighted by Gasteiger charge is 2.13. The summed E-state index contributed by atoms with van der Waals surface area (Å²) in [6.45, 7) is 2.54. The van der Waals surface area contributed by atoms with E-state index in [0.717, 1.165) is 34.1 Å². The standard InChI is InChI=1S/C20H19ClN6OS/c1-13-4-2-3-5-18(13)27-20(24-25-26-27)29-12-19(28)22-9-8-14-11-23-17-7-6-15(21)10-16(14)17/h2-7,10-11,23H,8-9,12H2,1H3,(H,22,28). The second-order valence-electron chi connectivity index (χ2n) is 6.55. The fraction of sp³-hybridized carbons (Fsp3) is 0.200. The predicted octanol–water partition coefficient (Wildman–Crippen LogP) is 3.56. The number of aryl methyl sites for hydroxylation is 1. The number of tetrazole rings is 1. The van der Waals surface area contributed by atoms with E-state index < -0.39 is 0 Å². The number of rotatable bonds is 7. The monoisotopic (exact) mass is 426 g/mol. The predicted molar refractivity (Wildman–Crippen MR) is 115 cm³/mol. The second-order valence-corrected chi connectivity index (χ2v) is 7.93. The van der Waals surface area contributed by atoms with E-state index in [0.29, 0.717) is 16.7 Å². The number of H-pyrrole nitrogens is 1. The Morgan fingerprint density at radius 3 is 3.00 bits per heavy atom. The van der Waals surface area contributed by atoms with Gasteiger partial charge in [-0.25, -0.2) is 0 Å². The summed E-state index contributed by atoms with van der Waals surface area (Å²) in [5.41, 5.74) is 4.12. The first kappa shape index (κ1) is 19.5. The molecule has 0 saturated heterocycles. The molecule has 0 aliphatic rings. The van der Waals surface area contributed by atoms with Crippen LogP contribution in [0.4, 0.5) is 0 Å². The fourth-order valence-corrected chi connectivity index (χ4v) is 3.98. The molecular weight excluding hydrogens is 408 g/mol. The van der Waals surface area contributed by atoms with Gasteiger partial charge in [-0.3, -0.25) is 4.79 Å². The Balaban J connectivity index is 1.32. The molecule has 2 aromatic heterocycles. The number of aromatic nitrogens is 5. The number of para-hydroxylation sites is 1. The number of hydrogen-bond acceptors (Lipinski definition) is 5. The number of carbonyl (C=O) groups excluding carboxylic acids is 1. The Bertz CT molecular complexity index is 1150. The smallest absolute Gasteiger partial charge is 0.230 e. The average Bonchev–Trinajstić information content (AvgIpc) is 3.34. The maximum atomic E-state index is 12.3. The third-order valence-corrected chi connectivity index (χ3v) is 5.72. The Morgan fingerprint density at radius 2 is 2.14 bits per heavy atom. The lowest BCUT2D eigenvalue weighted by molar-refractivity contribution is -0.118. The van der Waals surface area contributed by atoms with Crippen molar-refractivity contribution in [2.45, 2.75) is 18.5 Å². The van der Waals surface area contributed by atoms with Gasteiger partial charge in [-0.15, -0.1) is 5.10 Å². The van der Waals surface area contributed by atoms with Crippen LogP contribution in [0.1, 0.15) is 11.1 Å². The number of nitrogens with one attached hydrogen (secondary N) is 2. The van der Waals surface area contributed by atoms with E-state index in [-0.39, 0.29) is 11.7 Å². The molecule has 0 aliphatic carbocycles. The van der Waals surface area contributed by atoms with Crippen LogP contribution in [0.15, 0.2) is 53.8 Å². The molecule has 2 aromatic carbocycles. The minimum atomic E-state index is -0.0628. The summed E-state index contributed by atoms with van der Waals surface area (Å²) in [6, 6.07) is 13.6. The average molecular weight is 427 g/mol. The summed E-state index contributed by atoms with van der Waals surface area (Å²) in [7, 11) is 0. The molecule has 0 atom stereocenters. The van der Waals surface area contributed by atoms with Crippen LogP contribution in [0.2, 0.25) is 5.02 Å². The van der Waals surface area contributed by atoms with Crippen LogP contribution in [0.3, 0.4) is 0 Å². The molecule has 0 fully saturated rings. The molecule has 4 aromatic rings. The number of nitrogens with zero attached hydrogens (tertiary/aromatic N) is 4. The lowest BCUT2D eigenvalue weighted by Gasteiger charge is -2.07. The highest BCUT2D eigenvalue weighted by molar-refractivity contribution is 7.99. The van der Waals surface area contributed by atoms with Crippen LogP contribution in [-0.4, -0.2) is 43.4 Å². The molecule has 2 N–H and O–H groups in total. The maximum Gasteiger partial charge on any atom is 0.230 e. The number of fused-ring (bicyclic) bond motifs is 1. The molecular formula is C20H19ClN6OS. The van der Waals surface area contributed by atoms with Crippen LogP contribution >= 0.6 is 23.4 Å². The van der Waals surface area contributed by atoms with Crippen LogP contribution in [-0.2, 0) is 11.2 Å². The van der Waals surface area contributed by atoms with Gasteiger partial charge in [-0.05, 0) is 59.2 Å². The summed E-state index contributed by atoms with van der Waals surface area (Å²) in [4.78, 5) is 15.5. The van der Waals surface area contributed by atoms with Crippen molar-refractivity contribution >= 4 is 40.2 Å². The first-order valence-electron chi connectivity index (χ1n) is 9.11. The van der Waals surface area contributed by atoms with Gasteiger partial charge in [-0.1, -0.05) is 41.6 Å². The third kappa shape index (κ3) is 4.44. The van der Waals surface area contributed by atoms with Crippen molar-refractivity contribution in [1.82, 2.24) is 30.5 Å². The molecule has 0 aliphatic heterocycles. The second kappa shape index (κ2) is 8.67. The molecule has 0 saturated carbocycles. The highest BCUT2D eigenvalue weighted by Crippen LogP contribution is 2.23. The quantitative estimate of drug-likeness (QED) is 0.441. The molecule has 0 unspecified atom stereocenters. The minimum Gasteiger partial charge on any atom is -0.361 e. The summed E-state index contributed by atoms with van der Waals surface area (Å²) in [5, 5.41) is 17.1. The summed E-state index contributed by atoms with van der Waals surface area (Å²) >= 11 is 7.39. The van der Waals surface area contributed by atoms with Crippen molar-refractivity contribution < 1.29 is 4.79 Å². The number of hydrogen-bond donors (Lipinski definition) is 2. The van der Waals surface area contributed by atoms with E-state index in [2.05, 4.69) is 25.8 Å². The van der Waals surface area contributed by atoms with E-state index in [1.54, 1.807) is 4.68 Å². The highest BCUT2D eigenvalue weighted by atomic mass is 35.5. The van der Waals surface area contributed by atoms with Gasteiger partial charge in [0.1, 0.15) is 0 Å². The number of benzene rings is 2. The maximum absolute atomic E-state index is 12.3. The lowest BCUT2D eigenvalue weighted by Crippen LogP contribution is -2.27. The number of halogens is 1. The number of thioether (sulfide) groups is 1. The summed E-state index contributed by atoms with van der Waals surface area (Å²) in [6.07, 6.45) is 2.68. The number of amides is 1. The largest absolute Gasteiger partial charge is 0.361 e. The first-order valence-corrected chi connectivity index (χ1v) is 10.5. The Morgan fingerprint density at radius 1 is 1.28 bits per heavy atom. The molecule has 2 heterocycles. The van der Waals surface area contributed by atoms with Crippen LogP contribution in [0.25, 0.3) is 16.6 Å². The van der Waals surface area contributed by atoms with Crippen LogP contribution < -0.4 is 5.32 Å². The summed E-state index contributed by atoms with van der Waals surface area (Å²) < 4.78 is 1.66. The van der Waals surface area contributed by atoms with E-state index >= 15 is 0 Å². The van der Waals surface area contributed by atoms with Crippen molar-refractivity contribution in [3.8, 4) is 5.69 Å². The first-order chi connectivity index (χ1) is 14.1. The van der Waals surface area contributed by atoms with E-state index in [1.807, 2.05) is 55.6 Å². The molecule has 148 valence electrons. The normalized spacial score (nSPS) is 11.1. The molecule has 4 rings (SSSR count). The SMILES string of the molecule is Cc1ccccc1-n1nnnc1SCC(=O)NCCc1c[nH]c2ccc(Cl)cc12. The van der Waals surface area contributed by atoms with Crippen molar-refractivity contribution in [3.63, 3.8) is 0 Å². The molecule has 0 spiro atoms. The molecule has 1 amide bonds. The Hall–Kier alpha value is -2.84. The molecule has 29 heavy (non-hydrogen) atoms. The zero-order valence-corrected chi connectivity index (χ0v) is 17.3. The molecule has 0 bridgehead atoms. The molecule has 7 nitrogen and oxygen atoms in total. The van der Waals surface area contributed by atoms with Crippen molar-refractivity contribution in [2.75, 3.05) is 12.3 Å². The zero-order chi connectivity index (χ0) is 20.2. The van der Waals surface area contributed by atoms with Gasteiger partial charge in [0.25, 0.3) is 0 Å². The summed E-state index contributed by atoms with van der Waals surface area (Å²) in [5.74, 6) is 0.179. The molecule has 0 radical (unpaired) electrons. The Kier molecular flexibility index (Phi) is 5.82. The van der Waals surface area contributed by atoms with E-state index in [4.69, 9.17) is 11.6 Å². The van der Waals surface area contributed by atoms with Crippen molar-refractivity contribution in [1.29, 1.82) is 0 Å². The van der Waals surface area contributed by atoms with Gasteiger partial charge in [0, 0.05) is 28.7 Å². The van der Waals surface area contributed by atoms with Crippen molar-refractivity contribution in [3.05, 3.63) is 64.8 Å². The van der Waals surface area contributed by atoms with Crippen molar-refractivity contribution in [2.24, 2.45) is 0 Å². The Labute approximate surface area is 176 Å². The van der Waals surface area contributed by atoms with E-state index in [1.165, 1.54) is 11.8 Å². The zero-order valence-electron chi connectivity index (χ0n) is 15.7. The number of carbonyl (C=O) groups is 1. The van der Waals surface area contributed by atoms with Gasteiger partial charge in [0.2, 0.25) is 11.1 Å². The van der Waals surface area contributed by atoms with Gasteiger partial charge >= 0.3 is 0 Å². The van der Waals surface area contributed by atoms with Crippen LogP contribution in [0.5, 0.6) is 0 Å². The topological polar surface area (TPSA) is 88.5 Å². The van der Waals surface area contributed by atoms with Gasteiger partial charge in [-0.2, -0.15) is 4.68 Å². The molecule has 9 heteroatoms. The van der Waals surface area contributed by atoms with Crippen LogP contribution in [0, 0.1) is 6.92 Å². The number of aromatic amines is 1.